The maximum absolute atomic E-state index is 12.2. The monoisotopic (exact) mass is 335 g/mol. The van der Waals surface area contributed by atoms with Crippen molar-refractivity contribution in [3.05, 3.63) is 11.1 Å². The molecular weight excluding hydrogens is 314 g/mol. The summed E-state index contributed by atoms with van der Waals surface area (Å²) in [5.74, 6) is 1.76. The number of hydrogen-bond donors (Lipinski definition) is 1. The van der Waals surface area contributed by atoms with E-state index in [0.29, 0.717) is 5.75 Å². The summed E-state index contributed by atoms with van der Waals surface area (Å²) in [6, 6.07) is 0.238. The van der Waals surface area contributed by atoms with E-state index in [9.17, 15) is 8.42 Å². The van der Waals surface area contributed by atoms with Crippen LogP contribution in [0.4, 0.5) is 5.13 Å². The lowest BCUT2D eigenvalue weighted by Gasteiger charge is -2.34. The van der Waals surface area contributed by atoms with Crippen LogP contribution in [-0.2, 0) is 9.84 Å². The molecule has 2 heterocycles. The summed E-state index contributed by atoms with van der Waals surface area (Å²) in [7, 11) is -1.17. The second kappa shape index (κ2) is 6.64. The molecule has 1 N–H and O–H groups in total. The lowest BCUT2D eigenvalue weighted by molar-refractivity contribution is 0.579. The van der Waals surface area contributed by atoms with Gasteiger partial charge < -0.3 is 10.2 Å². The van der Waals surface area contributed by atoms with E-state index in [-0.39, 0.29) is 11.8 Å². The highest BCUT2D eigenvalue weighted by molar-refractivity contribution is 8.01. The first-order chi connectivity index (χ1) is 9.49. The Kier molecular flexibility index (Phi) is 5.33. The molecule has 20 heavy (non-hydrogen) atoms. The van der Waals surface area contributed by atoms with Gasteiger partial charge in [0, 0.05) is 40.9 Å². The highest BCUT2D eigenvalue weighted by atomic mass is 32.2. The van der Waals surface area contributed by atoms with E-state index in [1.54, 1.807) is 30.0 Å². The van der Waals surface area contributed by atoms with Gasteiger partial charge in [-0.3, -0.25) is 0 Å². The van der Waals surface area contributed by atoms with Gasteiger partial charge in [-0.1, -0.05) is 6.92 Å². The van der Waals surface area contributed by atoms with Crippen LogP contribution in [0.1, 0.15) is 24.8 Å². The number of rotatable bonds is 5. The Hall–Kier alpha value is -0.310. The van der Waals surface area contributed by atoms with E-state index in [1.807, 2.05) is 18.1 Å². The molecule has 2 unspecified atom stereocenters. The van der Waals surface area contributed by atoms with Crippen LogP contribution in [0.3, 0.4) is 0 Å². The van der Waals surface area contributed by atoms with Crippen LogP contribution < -0.4 is 10.2 Å². The van der Waals surface area contributed by atoms with Crippen molar-refractivity contribution in [2.75, 3.05) is 35.8 Å². The van der Waals surface area contributed by atoms with Crippen LogP contribution in [0.2, 0.25) is 0 Å². The fraction of sp³-hybridized carbons (Fsp3) is 0.750. The molecule has 1 aromatic rings. The number of thiazole rings is 1. The molecule has 0 spiro atoms. The van der Waals surface area contributed by atoms with Crippen molar-refractivity contribution in [3.8, 4) is 0 Å². The van der Waals surface area contributed by atoms with Crippen LogP contribution in [0.15, 0.2) is 6.20 Å². The second-order valence-electron chi connectivity index (χ2n) is 4.73. The van der Waals surface area contributed by atoms with E-state index in [0.717, 1.165) is 22.3 Å². The maximum Gasteiger partial charge on any atom is 0.186 e. The first-order valence-electron chi connectivity index (χ1n) is 6.68. The Morgan fingerprint density at radius 1 is 1.60 bits per heavy atom. The molecule has 2 rings (SSSR count). The van der Waals surface area contributed by atoms with E-state index in [4.69, 9.17) is 0 Å². The van der Waals surface area contributed by atoms with Crippen molar-refractivity contribution in [1.29, 1.82) is 0 Å². The van der Waals surface area contributed by atoms with Gasteiger partial charge in [-0.2, -0.15) is 11.8 Å². The number of nitrogens with one attached hydrogen (secondary N) is 1. The van der Waals surface area contributed by atoms with Crippen molar-refractivity contribution in [2.24, 2.45) is 0 Å². The third-order valence-electron chi connectivity index (χ3n) is 3.52. The van der Waals surface area contributed by atoms with Gasteiger partial charge in [0.1, 0.15) is 5.37 Å². The first-order valence-corrected chi connectivity index (χ1v) is 10.4. The lowest BCUT2D eigenvalue weighted by Crippen LogP contribution is -2.47. The van der Waals surface area contributed by atoms with E-state index in [2.05, 4.69) is 17.2 Å². The molecule has 1 aliphatic rings. The predicted molar refractivity (Wildman–Crippen MR) is 87.5 cm³/mol. The summed E-state index contributed by atoms with van der Waals surface area (Å²) < 4.78 is 24.5. The quantitative estimate of drug-likeness (QED) is 0.884. The topological polar surface area (TPSA) is 62.3 Å². The van der Waals surface area contributed by atoms with Gasteiger partial charge in [-0.25, -0.2) is 13.4 Å². The summed E-state index contributed by atoms with van der Waals surface area (Å²) in [4.78, 5) is 7.53. The zero-order chi connectivity index (χ0) is 14.8. The highest BCUT2D eigenvalue weighted by Crippen LogP contribution is 2.32. The molecule has 1 fully saturated rings. The Labute approximate surface area is 129 Å². The maximum atomic E-state index is 12.2. The fourth-order valence-corrected chi connectivity index (χ4v) is 6.13. The average Bonchev–Trinajstić information content (AvgIpc) is 2.96. The summed E-state index contributed by atoms with van der Waals surface area (Å²) in [5.41, 5.74) is 0. The molecule has 0 amide bonds. The number of thioether (sulfide) groups is 1. The number of anilines is 1. The Morgan fingerprint density at radius 2 is 2.35 bits per heavy atom. The zero-order valence-electron chi connectivity index (χ0n) is 12.0. The molecule has 1 aromatic heterocycles. The summed E-state index contributed by atoms with van der Waals surface area (Å²) in [6.07, 6.45) is 1.85. The number of nitrogens with zero attached hydrogens (tertiary/aromatic N) is 2. The molecule has 0 aliphatic carbocycles. The van der Waals surface area contributed by atoms with Crippen molar-refractivity contribution in [3.63, 3.8) is 0 Å². The fourth-order valence-electron chi connectivity index (χ4n) is 2.04. The number of hydrogen-bond acceptors (Lipinski definition) is 7. The molecule has 1 aliphatic heterocycles. The van der Waals surface area contributed by atoms with Gasteiger partial charge in [0.05, 0.1) is 0 Å². The predicted octanol–water partition coefficient (Wildman–Crippen LogP) is 1.74. The van der Waals surface area contributed by atoms with Crippen LogP contribution in [0, 0.1) is 0 Å². The Bertz CT molecular complexity index is 544. The third kappa shape index (κ3) is 3.29. The van der Waals surface area contributed by atoms with Crippen molar-refractivity contribution >= 4 is 38.1 Å². The molecule has 0 bridgehead atoms. The van der Waals surface area contributed by atoms with Gasteiger partial charge in [-0.15, -0.1) is 11.3 Å². The first kappa shape index (κ1) is 16.1. The van der Waals surface area contributed by atoms with Gasteiger partial charge in [-0.05, 0) is 14.0 Å². The minimum Gasteiger partial charge on any atom is -0.329 e. The van der Waals surface area contributed by atoms with Crippen molar-refractivity contribution in [2.45, 2.75) is 25.3 Å². The van der Waals surface area contributed by atoms with Gasteiger partial charge in [0.2, 0.25) is 0 Å². The molecule has 1 saturated heterocycles. The average molecular weight is 336 g/mol. The molecule has 114 valence electrons. The van der Waals surface area contributed by atoms with E-state index < -0.39 is 15.2 Å². The molecular formula is C12H21N3O2S3. The lowest BCUT2D eigenvalue weighted by atomic mass is 10.3. The molecule has 2 atom stereocenters. The zero-order valence-corrected chi connectivity index (χ0v) is 14.4. The largest absolute Gasteiger partial charge is 0.329 e. The standard InChI is InChI=1S/C12H21N3O2S3/c1-4-20(16,17)11-8-18-6-5-15(11)12-14-7-10(19-12)9(2)13-3/h7,9,11,13H,4-6,8H2,1-3H3. The highest BCUT2D eigenvalue weighted by Gasteiger charge is 2.34. The summed E-state index contributed by atoms with van der Waals surface area (Å²) >= 11 is 3.29. The molecule has 8 heteroatoms. The number of aromatic nitrogens is 1. The Morgan fingerprint density at radius 3 is 3.00 bits per heavy atom. The van der Waals surface area contributed by atoms with Crippen molar-refractivity contribution < 1.29 is 8.42 Å². The smallest absolute Gasteiger partial charge is 0.186 e. The van der Waals surface area contributed by atoms with Gasteiger partial charge in [0.25, 0.3) is 0 Å². The van der Waals surface area contributed by atoms with Gasteiger partial charge in [0.15, 0.2) is 15.0 Å². The van der Waals surface area contributed by atoms with Crippen LogP contribution in [-0.4, -0.2) is 49.6 Å². The molecule has 5 nitrogen and oxygen atoms in total. The minimum atomic E-state index is -3.08. The third-order valence-corrected chi connectivity index (χ3v) is 8.02. The van der Waals surface area contributed by atoms with E-state index in [1.165, 1.54) is 0 Å². The second-order valence-corrected chi connectivity index (χ2v) is 9.37. The minimum absolute atomic E-state index is 0.180. The van der Waals surface area contributed by atoms with Crippen LogP contribution in [0.25, 0.3) is 0 Å². The van der Waals surface area contributed by atoms with Gasteiger partial charge >= 0.3 is 0 Å². The van der Waals surface area contributed by atoms with Crippen LogP contribution in [0.5, 0.6) is 0 Å². The van der Waals surface area contributed by atoms with Crippen LogP contribution >= 0.6 is 23.1 Å². The molecule has 0 radical (unpaired) electrons. The summed E-state index contributed by atoms with van der Waals surface area (Å²) in [6.45, 7) is 4.53. The molecule has 0 saturated carbocycles. The van der Waals surface area contributed by atoms with E-state index >= 15 is 0 Å². The number of sulfone groups is 1. The normalized spacial score (nSPS) is 21.9. The SMILES string of the molecule is CCS(=O)(=O)C1CSCCN1c1ncc(C(C)NC)s1. The molecule has 0 aromatic carbocycles. The Balaban J connectivity index is 2.26. The van der Waals surface area contributed by atoms with Crippen molar-refractivity contribution in [1.82, 2.24) is 10.3 Å². The summed E-state index contributed by atoms with van der Waals surface area (Å²) in [5, 5.41) is 3.57.